The van der Waals surface area contributed by atoms with Crippen molar-refractivity contribution in [3.63, 3.8) is 0 Å². The fourth-order valence-corrected chi connectivity index (χ4v) is 3.05. The molecule has 0 aliphatic carbocycles. The van der Waals surface area contributed by atoms with Gasteiger partial charge in [0.2, 0.25) is 29.4 Å². The number of aromatic nitrogens is 4. The van der Waals surface area contributed by atoms with Crippen LogP contribution in [0.25, 0.3) is 11.6 Å². The number of piperazine rings is 1. The Hall–Kier alpha value is -2.84. The summed E-state index contributed by atoms with van der Waals surface area (Å²) in [5.41, 5.74) is -0.844. The molecule has 26 heavy (non-hydrogen) atoms. The summed E-state index contributed by atoms with van der Waals surface area (Å²) in [4.78, 5) is 40.9. The van der Waals surface area contributed by atoms with Crippen LogP contribution in [-0.2, 0) is 16.0 Å². The van der Waals surface area contributed by atoms with E-state index in [2.05, 4.69) is 20.1 Å². The van der Waals surface area contributed by atoms with Crippen molar-refractivity contribution in [3.05, 3.63) is 24.4 Å². The minimum atomic E-state index is -0.844. The lowest BCUT2D eigenvalue weighted by Crippen LogP contribution is -2.64. The van der Waals surface area contributed by atoms with E-state index in [1.165, 1.54) is 0 Å². The zero-order valence-corrected chi connectivity index (χ0v) is 15.2. The third-order valence-electron chi connectivity index (χ3n) is 4.55. The second kappa shape index (κ2) is 7.19. The molecule has 0 aromatic carbocycles. The number of carbonyl (C=O) groups is 2. The highest BCUT2D eigenvalue weighted by Crippen LogP contribution is 2.23. The normalized spacial score (nSPS) is 16.8. The molecule has 1 aliphatic rings. The molecular formula is C17H22N6O3. The monoisotopic (exact) mass is 358 g/mol. The maximum atomic E-state index is 12.6. The van der Waals surface area contributed by atoms with Crippen LogP contribution in [0.2, 0.25) is 0 Å². The van der Waals surface area contributed by atoms with Crippen molar-refractivity contribution in [2.75, 3.05) is 19.6 Å². The Kier molecular flexibility index (Phi) is 4.97. The van der Waals surface area contributed by atoms with E-state index in [0.29, 0.717) is 43.6 Å². The predicted molar refractivity (Wildman–Crippen MR) is 91.7 cm³/mol. The third kappa shape index (κ3) is 3.42. The molecule has 0 saturated carbocycles. The summed E-state index contributed by atoms with van der Waals surface area (Å²) in [6.45, 7) is 7.24. The topological polar surface area (TPSA) is 105 Å². The van der Waals surface area contributed by atoms with Gasteiger partial charge in [0.1, 0.15) is 5.54 Å². The van der Waals surface area contributed by atoms with Crippen LogP contribution in [0.5, 0.6) is 0 Å². The SMILES string of the molecule is CCN1CCN(C(=O)CCc2nc(-c3ncccn3)no2)C(C)(C)C1=O. The van der Waals surface area contributed by atoms with Gasteiger partial charge in [-0.1, -0.05) is 5.16 Å². The van der Waals surface area contributed by atoms with Crippen molar-refractivity contribution in [1.82, 2.24) is 29.9 Å². The van der Waals surface area contributed by atoms with Gasteiger partial charge in [-0.05, 0) is 26.8 Å². The molecule has 2 aromatic heterocycles. The van der Waals surface area contributed by atoms with E-state index in [4.69, 9.17) is 4.52 Å². The molecule has 0 atom stereocenters. The van der Waals surface area contributed by atoms with Gasteiger partial charge < -0.3 is 14.3 Å². The summed E-state index contributed by atoms with van der Waals surface area (Å²) in [7, 11) is 0. The average Bonchev–Trinajstić information content (AvgIpc) is 3.12. The van der Waals surface area contributed by atoms with Crippen LogP contribution in [0.1, 0.15) is 33.1 Å². The Morgan fingerprint density at radius 2 is 1.96 bits per heavy atom. The van der Waals surface area contributed by atoms with Gasteiger partial charge in [0.05, 0.1) is 0 Å². The molecule has 0 radical (unpaired) electrons. The summed E-state index contributed by atoms with van der Waals surface area (Å²) >= 11 is 0. The van der Waals surface area contributed by atoms with Gasteiger partial charge in [-0.25, -0.2) is 9.97 Å². The number of carbonyl (C=O) groups excluding carboxylic acids is 2. The van der Waals surface area contributed by atoms with Crippen LogP contribution in [0.4, 0.5) is 0 Å². The van der Waals surface area contributed by atoms with E-state index in [9.17, 15) is 9.59 Å². The van der Waals surface area contributed by atoms with Crippen molar-refractivity contribution in [1.29, 1.82) is 0 Å². The highest BCUT2D eigenvalue weighted by atomic mass is 16.5. The lowest BCUT2D eigenvalue weighted by molar-refractivity contribution is -0.158. The van der Waals surface area contributed by atoms with E-state index < -0.39 is 5.54 Å². The molecule has 138 valence electrons. The molecule has 2 aromatic rings. The molecule has 9 nitrogen and oxygen atoms in total. The molecule has 0 bridgehead atoms. The average molecular weight is 358 g/mol. The fourth-order valence-electron chi connectivity index (χ4n) is 3.05. The Bertz CT molecular complexity index is 789. The number of nitrogens with zero attached hydrogens (tertiary/aromatic N) is 6. The second-order valence-electron chi connectivity index (χ2n) is 6.57. The molecule has 0 unspecified atom stereocenters. The van der Waals surface area contributed by atoms with E-state index in [-0.39, 0.29) is 18.2 Å². The van der Waals surface area contributed by atoms with E-state index in [1.54, 1.807) is 42.1 Å². The molecule has 1 saturated heterocycles. The molecular weight excluding hydrogens is 336 g/mol. The summed E-state index contributed by atoms with van der Waals surface area (Å²) < 4.78 is 5.18. The molecule has 2 amide bonds. The Balaban J connectivity index is 1.63. The molecule has 3 rings (SSSR count). The fraction of sp³-hybridized carbons (Fsp3) is 0.529. The zero-order valence-electron chi connectivity index (χ0n) is 15.2. The first-order valence-electron chi connectivity index (χ1n) is 8.63. The highest BCUT2D eigenvalue weighted by Gasteiger charge is 2.43. The number of rotatable bonds is 5. The van der Waals surface area contributed by atoms with Gasteiger partial charge >= 0.3 is 0 Å². The maximum Gasteiger partial charge on any atom is 0.248 e. The van der Waals surface area contributed by atoms with Gasteiger partial charge in [-0.3, -0.25) is 9.59 Å². The number of amides is 2. The van der Waals surface area contributed by atoms with Gasteiger partial charge in [0.15, 0.2) is 0 Å². The number of hydrogen-bond acceptors (Lipinski definition) is 7. The molecule has 0 spiro atoms. The van der Waals surface area contributed by atoms with Crippen molar-refractivity contribution in [2.45, 2.75) is 39.2 Å². The van der Waals surface area contributed by atoms with E-state index >= 15 is 0 Å². The molecule has 0 N–H and O–H groups in total. The standard InChI is InChI=1S/C17H22N6O3/c1-4-22-10-11-23(17(2,3)16(22)25)13(24)7-6-12-20-15(21-26-12)14-18-8-5-9-19-14/h5,8-9H,4,6-7,10-11H2,1-3H3. The molecule has 1 fully saturated rings. The van der Waals surface area contributed by atoms with Gasteiger partial charge in [0, 0.05) is 44.9 Å². The van der Waals surface area contributed by atoms with Gasteiger partial charge in [-0.15, -0.1) is 0 Å². The number of likely N-dealkylation sites (N-methyl/N-ethyl adjacent to an activating group) is 1. The highest BCUT2D eigenvalue weighted by molar-refractivity contribution is 5.92. The van der Waals surface area contributed by atoms with Crippen molar-refractivity contribution >= 4 is 11.8 Å². The first-order chi connectivity index (χ1) is 12.4. The first kappa shape index (κ1) is 18.0. The van der Waals surface area contributed by atoms with E-state index in [1.807, 2.05) is 6.92 Å². The lowest BCUT2D eigenvalue weighted by atomic mass is 9.96. The Morgan fingerprint density at radius 3 is 2.65 bits per heavy atom. The Morgan fingerprint density at radius 1 is 1.23 bits per heavy atom. The van der Waals surface area contributed by atoms with Crippen LogP contribution in [0.15, 0.2) is 23.0 Å². The zero-order chi connectivity index (χ0) is 18.7. The molecule has 9 heteroatoms. The van der Waals surface area contributed by atoms with E-state index in [0.717, 1.165) is 0 Å². The van der Waals surface area contributed by atoms with Crippen molar-refractivity contribution in [2.24, 2.45) is 0 Å². The van der Waals surface area contributed by atoms with Crippen LogP contribution in [-0.4, -0.2) is 66.9 Å². The van der Waals surface area contributed by atoms with Crippen LogP contribution < -0.4 is 0 Å². The van der Waals surface area contributed by atoms with Crippen molar-refractivity contribution in [3.8, 4) is 11.6 Å². The minimum absolute atomic E-state index is 0.0269. The van der Waals surface area contributed by atoms with Gasteiger partial charge in [-0.2, -0.15) is 4.98 Å². The third-order valence-corrected chi connectivity index (χ3v) is 4.55. The quantitative estimate of drug-likeness (QED) is 0.783. The second-order valence-corrected chi connectivity index (χ2v) is 6.57. The summed E-state index contributed by atoms with van der Waals surface area (Å²) in [5, 5.41) is 3.84. The number of hydrogen-bond donors (Lipinski definition) is 0. The smallest absolute Gasteiger partial charge is 0.248 e. The summed E-state index contributed by atoms with van der Waals surface area (Å²) in [6, 6.07) is 1.70. The predicted octanol–water partition coefficient (Wildman–Crippen LogP) is 0.928. The molecule has 1 aliphatic heterocycles. The molecule has 3 heterocycles. The Labute approximate surface area is 151 Å². The largest absolute Gasteiger partial charge is 0.339 e. The van der Waals surface area contributed by atoms with Crippen LogP contribution in [0, 0.1) is 0 Å². The lowest BCUT2D eigenvalue weighted by Gasteiger charge is -2.45. The van der Waals surface area contributed by atoms with Crippen LogP contribution in [0.3, 0.4) is 0 Å². The summed E-state index contributed by atoms with van der Waals surface area (Å²) in [5.74, 6) is 0.879. The van der Waals surface area contributed by atoms with Crippen LogP contribution >= 0.6 is 0 Å². The summed E-state index contributed by atoms with van der Waals surface area (Å²) in [6.07, 6.45) is 3.69. The first-order valence-corrected chi connectivity index (χ1v) is 8.63. The van der Waals surface area contributed by atoms with Gasteiger partial charge in [0.25, 0.3) is 0 Å². The minimum Gasteiger partial charge on any atom is -0.339 e. The van der Waals surface area contributed by atoms with Crippen molar-refractivity contribution < 1.29 is 14.1 Å². The number of aryl methyl sites for hydroxylation is 1. The maximum absolute atomic E-state index is 12.6.